The number of ether oxygens (including phenoxy) is 1. The second kappa shape index (κ2) is 9.03. The quantitative estimate of drug-likeness (QED) is 0.522. The lowest BCUT2D eigenvalue weighted by Crippen LogP contribution is -2.52. The third-order valence-corrected chi connectivity index (χ3v) is 9.53. The molecule has 9 heteroatoms. The van der Waals surface area contributed by atoms with E-state index in [9.17, 15) is 14.4 Å². The molecular formula is C29H28N4O4S. The molecule has 0 bridgehead atoms. The van der Waals surface area contributed by atoms with E-state index in [-0.39, 0.29) is 29.6 Å². The molecule has 3 aromatic rings. The smallest absolute Gasteiger partial charge is 0.255 e. The van der Waals surface area contributed by atoms with Gasteiger partial charge in [-0.1, -0.05) is 36.4 Å². The van der Waals surface area contributed by atoms with Gasteiger partial charge in [-0.3, -0.25) is 24.6 Å². The highest BCUT2D eigenvalue weighted by Gasteiger charge is 2.47. The van der Waals surface area contributed by atoms with Crippen LogP contribution < -0.4 is 10.1 Å². The van der Waals surface area contributed by atoms with Gasteiger partial charge < -0.3 is 9.64 Å². The number of piperidine rings is 2. The number of imide groups is 1. The number of carbonyl (C=O) groups is 3. The zero-order valence-electron chi connectivity index (χ0n) is 20.9. The molecule has 38 heavy (non-hydrogen) atoms. The van der Waals surface area contributed by atoms with Gasteiger partial charge in [0.2, 0.25) is 11.8 Å². The summed E-state index contributed by atoms with van der Waals surface area (Å²) in [5, 5.41) is 3.43. The lowest BCUT2D eigenvalue weighted by atomic mass is 9.74. The maximum Gasteiger partial charge on any atom is 0.255 e. The third-order valence-electron chi connectivity index (χ3n) is 8.50. The molecule has 0 radical (unpaired) electrons. The molecule has 194 valence electrons. The van der Waals surface area contributed by atoms with E-state index in [1.54, 1.807) is 16.2 Å². The highest BCUT2D eigenvalue weighted by Crippen LogP contribution is 2.49. The van der Waals surface area contributed by atoms with Crippen molar-refractivity contribution in [3.05, 3.63) is 70.2 Å². The van der Waals surface area contributed by atoms with Gasteiger partial charge >= 0.3 is 0 Å². The second-order valence-corrected chi connectivity index (χ2v) is 11.8. The lowest BCUT2D eigenvalue weighted by Gasteiger charge is -2.38. The minimum absolute atomic E-state index is 0.0468. The van der Waals surface area contributed by atoms with Crippen LogP contribution in [0.15, 0.2) is 48.7 Å². The first kappa shape index (κ1) is 23.5. The number of nitrogens with one attached hydrogen (secondary N) is 1. The highest BCUT2D eigenvalue weighted by atomic mass is 32.1. The van der Waals surface area contributed by atoms with Crippen LogP contribution in [0, 0.1) is 0 Å². The van der Waals surface area contributed by atoms with Gasteiger partial charge in [-0.05, 0) is 38.4 Å². The predicted octanol–water partition coefficient (Wildman–Crippen LogP) is 3.50. The van der Waals surface area contributed by atoms with Crippen molar-refractivity contribution in [3.63, 3.8) is 0 Å². The Hall–Kier alpha value is -3.56. The average molecular weight is 529 g/mol. The molecule has 5 heterocycles. The molecule has 1 aromatic heterocycles. The Morgan fingerprint density at radius 1 is 1.08 bits per heavy atom. The fraction of sp³-hybridized carbons (Fsp3) is 0.379. The minimum Gasteiger partial charge on any atom is -0.492 e. The van der Waals surface area contributed by atoms with Gasteiger partial charge in [0.25, 0.3) is 5.91 Å². The molecule has 7 rings (SSSR count). The Bertz CT molecular complexity index is 1440. The summed E-state index contributed by atoms with van der Waals surface area (Å²) in [4.78, 5) is 47.2. The zero-order chi connectivity index (χ0) is 25.9. The first-order chi connectivity index (χ1) is 18.5. The zero-order valence-corrected chi connectivity index (χ0v) is 21.8. The normalized spacial score (nSPS) is 22.4. The number of amides is 3. The lowest BCUT2D eigenvalue weighted by molar-refractivity contribution is -0.136. The predicted molar refractivity (Wildman–Crippen MR) is 142 cm³/mol. The Morgan fingerprint density at radius 3 is 2.68 bits per heavy atom. The van der Waals surface area contributed by atoms with Crippen molar-refractivity contribution in [2.75, 3.05) is 19.7 Å². The van der Waals surface area contributed by atoms with E-state index >= 15 is 0 Å². The number of fused-ring (bicyclic) bond motifs is 4. The van der Waals surface area contributed by atoms with Gasteiger partial charge in [0, 0.05) is 51.7 Å². The first-order valence-electron chi connectivity index (χ1n) is 13.2. The monoisotopic (exact) mass is 528 g/mol. The van der Waals surface area contributed by atoms with Crippen LogP contribution in [0.25, 0.3) is 10.6 Å². The number of thiazole rings is 1. The van der Waals surface area contributed by atoms with Gasteiger partial charge in [0.15, 0.2) is 0 Å². The van der Waals surface area contributed by atoms with Gasteiger partial charge in [-0.2, -0.15) is 0 Å². The molecule has 1 spiro atoms. The Morgan fingerprint density at radius 2 is 1.89 bits per heavy atom. The molecule has 8 nitrogen and oxygen atoms in total. The molecule has 4 aliphatic heterocycles. The molecule has 0 aliphatic carbocycles. The van der Waals surface area contributed by atoms with E-state index in [1.165, 1.54) is 10.4 Å². The molecule has 4 aliphatic rings. The fourth-order valence-corrected chi connectivity index (χ4v) is 7.31. The summed E-state index contributed by atoms with van der Waals surface area (Å²) in [7, 11) is 0. The Balaban J connectivity index is 1.05. The summed E-state index contributed by atoms with van der Waals surface area (Å²) in [6.07, 6.45) is 4.60. The average Bonchev–Trinajstić information content (AvgIpc) is 3.63. The molecule has 2 aromatic carbocycles. The number of carbonyl (C=O) groups excluding carboxylic acids is 3. The van der Waals surface area contributed by atoms with Crippen molar-refractivity contribution >= 4 is 29.1 Å². The van der Waals surface area contributed by atoms with Crippen LogP contribution in [0.4, 0.5) is 0 Å². The number of aromatic nitrogens is 1. The summed E-state index contributed by atoms with van der Waals surface area (Å²) in [6.45, 7) is 3.81. The molecule has 1 atom stereocenters. The Kier molecular flexibility index (Phi) is 5.59. The van der Waals surface area contributed by atoms with Gasteiger partial charge in [-0.25, -0.2) is 4.98 Å². The molecule has 3 amide bonds. The van der Waals surface area contributed by atoms with Gasteiger partial charge in [0.05, 0.1) is 13.2 Å². The summed E-state index contributed by atoms with van der Waals surface area (Å²) in [5.41, 5.74) is 3.80. The summed E-state index contributed by atoms with van der Waals surface area (Å²) < 4.78 is 6.31. The van der Waals surface area contributed by atoms with Crippen LogP contribution in [0.2, 0.25) is 0 Å². The van der Waals surface area contributed by atoms with Crippen molar-refractivity contribution < 1.29 is 19.1 Å². The topological polar surface area (TPSA) is 91.8 Å². The number of likely N-dealkylation sites (tertiary alicyclic amines) is 1. The van der Waals surface area contributed by atoms with Crippen molar-refractivity contribution in [2.45, 2.75) is 50.2 Å². The standard InChI is InChI=1S/C29H28N4O4S/c34-24-9-8-23(26(35)31-24)33-16-21-20(28(33)36)6-7-22-25(21)37-17-29(22)10-12-32(13-11-29)15-19-14-30-27(38-19)18-4-2-1-3-5-18/h1-7,14,23H,8-13,15-17H2,(H,31,34,35). The molecule has 2 saturated heterocycles. The second-order valence-electron chi connectivity index (χ2n) is 10.7. The van der Waals surface area contributed by atoms with E-state index in [0.29, 0.717) is 25.1 Å². The van der Waals surface area contributed by atoms with Crippen molar-refractivity contribution in [1.82, 2.24) is 20.1 Å². The van der Waals surface area contributed by atoms with Crippen LogP contribution in [0.5, 0.6) is 5.75 Å². The van der Waals surface area contributed by atoms with E-state index in [0.717, 1.165) is 54.4 Å². The first-order valence-corrected chi connectivity index (χ1v) is 14.0. The van der Waals surface area contributed by atoms with Crippen LogP contribution in [0.1, 0.15) is 52.0 Å². The maximum atomic E-state index is 13.2. The van der Waals surface area contributed by atoms with Crippen molar-refractivity contribution in [1.29, 1.82) is 0 Å². The van der Waals surface area contributed by atoms with E-state index in [4.69, 9.17) is 4.74 Å². The molecule has 1 N–H and O–H groups in total. The van der Waals surface area contributed by atoms with Crippen molar-refractivity contribution in [2.24, 2.45) is 0 Å². The molecule has 2 fully saturated rings. The number of hydrogen-bond acceptors (Lipinski definition) is 7. The molecule has 0 saturated carbocycles. The number of rotatable bonds is 4. The SMILES string of the molecule is O=C1CCC(N2Cc3c(ccc4c3OCC43CCN(Cc4cnc(-c5ccccc5)s4)CC3)C2=O)C(=O)N1. The summed E-state index contributed by atoms with van der Waals surface area (Å²) >= 11 is 1.76. The maximum absolute atomic E-state index is 13.2. The Labute approximate surface area is 224 Å². The van der Waals surface area contributed by atoms with Crippen LogP contribution in [-0.4, -0.2) is 58.2 Å². The van der Waals surface area contributed by atoms with Gasteiger partial charge in [0.1, 0.15) is 16.8 Å². The summed E-state index contributed by atoms with van der Waals surface area (Å²) in [5.74, 6) is 0.00527. The largest absolute Gasteiger partial charge is 0.492 e. The highest BCUT2D eigenvalue weighted by molar-refractivity contribution is 7.15. The summed E-state index contributed by atoms with van der Waals surface area (Å²) in [6, 6.07) is 13.7. The van der Waals surface area contributed by atoms with Crippen molar-refractivity contribution in [3.8, 4) is 16.3 Å². The fourth-order valence-electron chi connectivity index (χ4n) is 6.35. The number of benzene rings is 2. The van der Waals surface area contributed by atoms with Crippen LogP contribution in [-0.2, 0) is 28.1 Å². The van der Waals surface area contributed by atoms with Crippen LogP contribution >= 0.6 is 11.3 Å². The molecular weight excluding hydrogens is 500 g/mol. The number of hydrogen-bond donors (Lipinski definition) is 1. The van der Waals surface area contributed by atoms with Crippen LogP contribution in [0.3, 0.4) is 0 Å². The third kappa shape index (κ3) is 3.84. The van der Waals surface area contributed by atoms with E-state index in [2.05, 4.69) is 33.4 Å². The van der Waals surface area contributed by atoms with E-state index < -0.39 is 6.04 Å². The molecule has 1 unspecified atom stereocenters. The number of nitrogens with zero attached hydrogens (tertiary/aromatic N) is 3. The minimum atomic E-state index is -0.615. The van der Waals surface area contributed by atoms with E-state index in [1.807, 2.05) is 30.5 Å². The van der Waals surface area contributed by atoms with Gasteiger partial charge in [-0.15, -0.1) is 11.3 Å².